The van der Waals surface area contributed by atoms with Gasteiger partial charge in [0.2, 0.25) is 0 Å². The van der Waals surface area contributed by atoms with E-state index in [0.29, 0.717) is 11.1 Å². The first kappa shape index (κ1) is 24.4. The molecule has 2 aromatic rings. The molecule has 1 nitrogen and oxygen atoms in total. The maximum Gasteiger partial charge on any atom is 0.104 e. The van der Waals surface area contributed by atoms with Crippen LogP contribution in [-0.4, -0.2) is 28.0 Å². The standard InChI is InChI=1S/C30H42OSi2/c1-9-22-18-23-14-10-11-16-26(23)29(22)33(8,21-31-30(2,3)4)28-19-24(20-32(5,6)7)25-15-12-13-17-27(25)28/h10-19,28-29H,9,20-21H2,1-8H3. The SMILES string of the molecule is CCC1=Cc2ccccc2C1[Si](C)(COC(C)(C)C)C1C=C(C[Si](C)(C)C)c2ccccc21. The average molecular weight is 475 g/mol. The zero-order valence-corrected chi connectivity index (χ0v) is 24.0. The van der Waals surface area contributed by atoms with Gasteiger partial charge in [-0.3, -0.25) is 0 Å². The van der Waals surface area contributed by atoms with Gasteiger partial charge in [0.15, 0.2) is 0 Å². The summed E-state index contributed by atoms with van der Waals surface area (Å²) in [6, 6.07) is 19.6. The molecule has 0 radical (unpaired) electrons. The second-order valence-electron chi connectivity index (χ2n) is 12.5. The van der Waals surface area contributed by atoms with E-state index in [1.807, 2.05) is 0 Å². The molecule has 4 rings (SSSR count). The lowest BCUT2D eigenvalue weighted by Crippen LogP contribution is -2.51. The highest BCUT2D eigenvalue weighted by atomic mass is 28.3. The van der Waals surface area contributed by atoms with Crippen molar-refractivity contribution in [1.82, 2.24) is 0 Å². The summed E-state index contributed by atoms with van der Waals surface area (Å²) in [7, 11) is -3.28. The molecule has 3 heteroatoms. The number of hydrogen-bond acceptors (Lipinski definition) is 1. The van der Waals surface area contributed by atoms with Crippen molar-refractivity contribution in [2.45, 2.75) is 83.0 Å². The number of rotatable bonds is 7. The number of allylic oxidation sites excluding steroid dienone is 3. The van der Waals surface area contributed by atoms with E-state index in [-0.39, 0.29) is 5.60 Å². The van der Waals surface area contributed by atoms with Crippen LogP contribution in [0.25, 0.3) is 11.6 Å². The fourth-order valence-electron chi connectivity index (χ4n) is 5.91. The number of fused-ring (bicyclic) bond motifs is 2. The quantitative estimate of drug-likeness (QED) is 0.365. The van der Waals surface area contributed by atoms with Gasteiger partial charge in [-0.2, -0.15) is 0 Å². The summed E-state index contributed by atoms with van der Waals surface area (Å²) >= 11 is 0. The Balaban J connectivity index is 1.87. The molecule has 176 valence electrons. The molecule has 2 aromatic carbocycles. The van der Waals surface area contributed by atoms with Gasteiger partial charge in [0.25, 0.3) is 0 Å². The molecule has 0 bridgehead atoms. The molecule has 33 heavy (non-hydrogen) atoms. The van der Waals surface area contributed by atoms with E-state index in [9.17, 15) is 0 Å². The van der Waals surface area contributed by atoms with Crippen LogP contribution in [0.15, 0.2) is 60.2 Å². The predicted octanol–water partition coefficient (Wildman–Crippen LogP) is 8.61. The fourth-order valence-corrected chi connectivity index (χ4v) is 12.5. The normalized spacial score (nSPS) is 21.8. The Hall–Kier alpha value is -1.69. The van der Waals surface area contributed by atoms with Gasteiger partial charge in [-0.1, -0.05) is 99.4 Å². The van der Waals surface area contributed by atoms with Crippen LogP contribution in [0.4, 0.5) is 0 Å². The first-order chi connectivity index (χ1) is 15.4. The average Bonchev–Trinajstić information content (AvgIpc) is 3.30. The van der Waals surface area contributed by atoms with Crippen LogP contribution in [0, 0.1) is 0 Å². The second-order valence-corrected chi connectivity index (χ2v) is 22.5. The van der Waals surface area contributed by atoms with Gasteiger partial charge in [0.05, 0.1) is 5.60 Å². The smallest absolute Gasteiger partial charge is 0.104 e. The Morgan fingerprint density at radius 2 is 1.52 bits per heavy atom. The Morgan fingerprint density at radius 1 is 0.879 bits per heavy atom. The lowest BCUT2D eigenvalue weighted by molar-refractivity contribution is 0.0210. The molecular formula is C30H42OSi2. The highest BCUT2D eigenvalue weighted by molar-refractivity contribution is 6.83. The van der Waals surface area contributed by atoms with Crippen LogP contribution < -0.4 is 0 Å². The van der Waals surface area contributed by atoms with Gasteiger partial charge in [-0.25, -0.2) is 0 Å². The van der Waals surface area contributed by atoms with Crippen LogP contribution in [0.3, 0.4) is 0 Å². The fraction of sp³-hybridized carbons (Fsp3) is 0.467. The maximum atomic E-state index is 6.69. The van der Waals surface area contributed by atoms with Crippen molar-refractivity contribution >= 4 is 27.8 Å². The lowest BCUT2D eigenvalue weighted by Gasteiger charge is -2.42. The summed E-state index contributed by atoms with van der Waals surface area (Å²) in [5.41, 5.74) is 10.1. The van der Waals surface area contributed by atoms with Gasteiger partial charge in [-0.15, -0.1) is 0 Å². The molecule has 3 unspecified atom stereocenters. The Bertz CT molecular complexity index is 1080. The molecular weight excluding hydrogens is 433 g/mol. The zero-order valence-electron chi connectivity index (χ0n) is 22.0. The highest BCUT2D eigenvalue weighted by Crippen LogP contribution is 2.53. The van der Waals surface area contributed by atoms with Crippen molar-refractivity contribution in [3.05, 3.63) is 82.4 Å². The topological polar surface area (TPSA) is 9.23 Å². The van der Waals surface area contributed by atoms with E-state index in [2.05, 4.69) is 115 Å². The molecule has 0 saturated heterocycles. The molecule has 2 aliphatic rings. The van der Waals surface area contributed by atoms with Crippen LogP contribution in [0.5, 0.6) is 0 Å². The number of benzene rings is 2. The van der Waals surface area contributed by atoms with Crippen LogP contribution in [0.2, 0.25) is 32.2 Å². The van der Waals surface area contributed by atoms with E-state index in [1.165, 1.54) is 22.7 Å². The van der Waals surface area contributed by atoms with Crippen LogP contribution in [0.1, 0.15) is 67.5 Å². The molecule has 0 heterocycles. The second kappa shape index (κ2) is 8.83. The number of hydrogen-bond donors (Lipinski definition) is 0. The van der Waals surface area contributed by atoms with Gasteiger partial charge < -0.3 is 4.74 Å². The summed E-state index contributed by atoms with van der Waals surface area (Å²) in [6.07, 6.45) is 7.16. The summed E-state index contributed by atoms with van der Waals surface area (Å²) in [5.74, 6) is 0. The number of ether oxygens (including phenoxy) is 1. The largest absolute Gasteiger partial charge is 0.379 e. The molecule has 0 aromatic heterocycles. The van der Waals surface area contributed by atoms with E-state index < -0.39 is 16.1 Å². The van der Waals surface area contributed by atoms with Crippen molar-refractivity contribution < 1.29 is 4.74 Å². The Kier molecular flexibility index (Phi) is 6.54. The molecule has 0 fully saturated rings. The maximum absolute atomic E-state index is 6.69. The van der Waals surface area contributed by atoms with Gasteiger partial charge >= 0.3 is 0 Å². The molecule has 0 aliphatic heterocycles. The molecule has 3 atom stereocenters. The summed E-state index contributed by atoms with van der Waals surface area (Å²) in [6.45, 7) is 19.1. The van der Waals surface area contributed by atoms with Crippen molar-refractivity contribution in [3.63, 3.8) is 0 Å². The third kappa shape index (κ3) is 4.92. The van der Waals surface area contributed by atoms with Crippen molar-refractivity contribution in [2.24, 2.45) is 0 Å². The molecule has 0 saturated carbocycles. The monoisotopic (exact) mass is 474 g/mol. The van der Waals surface area contributed by atoms with E-state index >= 15 is 0 Å². The molecule has 0 N–H and O–H groups in total. The van der Waals surface area contributed by atoms with E-state index in [1.54, 1.807) is 16.7 Å². The van der Waals surface area contributed by atoms with E-state index in [4.69, 9.17) is 4.74 Å². The highest BCUT2D eigenvalue weighted by Gasteiger charge is 2.50. The van der Waals surface area contributed by atoms with Gasteiger partial charge in [0, 0.05) is 25.4 Å². The summed E-state index contributed by atoms with van der Waals surface area (Å²) in [4.78, 5) is 0. The van der Waals surface area contributed by atoms with E-state index in [0.717, 1.165) is 12.7 Å². The minimum atomic E-state index is -2.05. The van der Waals surface area contributed by atoms with Crippen molar-refractivity contribution in [1.29, 1.82) is 0 Å². The van der Waals surface area contributed by atoms with Crippen LogP contribution in [-0.2, 0) is 4.74 Å². The predicted molar refractivity (Wildman–Crippen MR) is 150 cm³/mol. The van der Waals surface area contributed by atoms with Crippen molar-refractivity contribution in [3.8, 4) is 0 Å². The minimum absolute atomic E-state index is 0.133. The van der Waals surface area contributed by atoms with Gasteiger partial charge in [0.1, 0.15) is 8.07 Å². The molecule has 0 amide bonds. The van der Waals surface area contributed by atoms with Crippen molar-refractivity contribution in [2.75, 3.05) is 6.23 Å². The lowest BCUT2D eigenvalue weighted by atomic mass is 10.1. The summed E-state index contributed by atoms with van der Waals surface area (Å²) in [5, 5.41) is 0. The zero-order chi connectivity index (χ0) is 24.0. The molecule has 0 spiro atoms. The van der Waals surface area contributed by atoms with Crippen LogP contribution >= 0.6 is 0 Å². The Labute approximate surface area is 204 Å². The van der Waals surface area contributed by atoms with Gasteiger partial charge in [-0.05, 0) is 61.1 Å². The third-order valence-corrected chi connectivity index (χ3v) is 13.5. The Morgan fingerprint density at radius 3 is 2.15 bits per heavy atom. The first-order valence-electron chi connectivity index (χ1n) is 12.7. The molecule has 2 aliphatic carbocycles. The third-order valence-electron chi connectivity index (χ3n) is 7.34. The first-order valence-corrected chi connectivity index (χ1v) is 19.2. The summed E-state index contributed by atoms with van der Waals surface area (Å²) < 4.78 is 6.69. The minimum Gasteiger partial charge on any atom is -0.379 e.